The highest BCUT2D eigenvalue weighted by molar-refractivity contribution is 5.79. The van der Waals surface area contributed by atoms with E-state index in [-0.39, 0.29) is 17.9 Å². The van der Waals surface area contributed by atoms with Gasteiger partial charge in [-0.25, -0.2) is 0 Å². The Morgan fingerprint density at radius 3 is 2.75 bits per heavy atom. The summed E-state index contributed by atoms with van der Waals surface area (Å²) in [5, 5.41) is 9.91. The highest BCUT2D eigenvalue weighted by atomic mass is 16.5. The van der Waals surface area contributed by atoms with Crippen LogP contribution in [0.5, 0.6) is 5.75 Å². The number of amides is 1. The molecule has 5 nitrogen and oxygen atoms in total. The van der Waals surface area contributed by atoms with Crippen molar-refractivity contribution in [2.75, 3.05) is 33.4 Å². The molecule has 1 aromatic rings. The molecule has 0 unspecified atom stereocenters. The number of hydrogen-bond acceptors (Lipinski definition) is 4. The van der Waals surface area contributed by atoms with Crippen molar-refractivity contribution in [2.24, 2.45) is 17.8 Å². The molecular weight excluding hydrogens is 402 g/mol. The molecule has 2 aliphatic carbocycles. The fourth-order valence-corrected chi connectivity index (χ4v) is 5.65. The quantitative estimate of drug-likeness (QED) is 0.500. The first-order valence-corrected chi connectivity index (χ1v) is 12.8. The molecule has 1 aliphatic heterocycles. The van der Waals surface area contributed by atoms with Crippen LogP contribution in [0.4, 0.5) is 0 Å². The summed E-state index contributed by atoms with van der Waals surface area (Å²) in [4.78, 5) is 15.3. The highest BCUT2D eigenvalue weighted by Gasteiger charge is 2.36. The van der Waals surface area contributed by atoms with E-state index >= 15 is 0 Å². The van der Waals surface area contributed by atoms with Gasteiger partial charge in [-0.05, 0) is 87.2 Å². The fraction of sp³-hybridized carbons (Fsp3) is 0.741. The van der Waals surface area contributed by atoms with Gasteiger partial charge in [0, 0.05) is 32.7 Å². The number of rotatable bonds is 11. The number of ether oxygens (including phenoxy) is 2. The largest absolute Gasteiger partial charge is 0.493 e. The van der Waals surface area contributed by atoms with Gasteiger partial charge in [0.2, 0.25) is 5.91 Å². The van der Waals surface area contributed by atoms with E-state index in [1.165, 1.54) is 18.4 Å². The number of nitrogens with zero attached hydrogens (tertiary/aromatic N) is 1. The first-order valence-electron chi connectivity index (χ1n) is 12.8. The van der Waals surface area contributed by atoms with Crippen LogP contribution in [0.15, 0.2) is 24.3 Å². The maximum Gasteiger partial charge on any atom is 0.225 e. The molecule has 4 atom stereocenters. The molecule has 0 radical (unpaired) electrons. The van der Waals surface area contributed by atoms with Crippen LogP contribution >= 0.6 is 0 Å². The van der Waals surface area contributed by atoms with E-state index < -0.39 is 0 Å². The van der Waals surface area contributed by atoms with Crippen LogP contribution in [0.25, 0.3) is 0 Å². The molecule has 0 aromatic heterocycles. The number of hydrogen-bond donors (Lipinski definition) is 1. The number of piperidine rings is 1. The fourth-order valence-electron chi connectivity index (χ4n) is 5.65. The van der Waals surface area contributed by atoms with Crippen LogP contribution in [-0.2, 0) is 9.53 Å². The Bertz CT molecular complexity index is 734. The lowest BCUT2D eigenvalue weighted by Gasteiger charge is -2.39. The summed E-state index contributed by atoms with van der Waals surface area (Å²) >= 11 is 0. The third kappa shape index (κ3) is 6.26. The number of aliphatic hydroxyl groups is 1. The smallest absolute Gasteiger partial charge is 0.225 e. The molecule has 178 valence electrons. The number of carbonyl (C=O) groups is 1. The van der Waals surface area contributed by atoms with Crippen LogP contribution in [-0.4, -0.2) is 55.4 Å². The zero-order valence-corrected chi connectivity index (χ0v) is 19.7. The van der Waals surface area contributed by atoms with Crippen LogP contribution < -0.4 is 4.74 Å². The normalized spacial score (nSPS) is 26.8. The monoisotopic (exact) mass is 443 g/mol. The number of unbranched alkanes of at least 4 members (excludes halogenated alkanes) is 1. The highest BCUT2D eigenvalue weighted by Crippen LogP contribution is 2.41. The van der Waals surface area contributed by atoms with Crippen molar-refractivity contribution in [1.29, 1.82) is 0 Å². The molecule has 1 saturated heterocycles. The summed E-state index contributed by atoms with van der Waals surface area (Å²) in [6.45, 7) is 3.31. The van der Waals surface area contributed by atoms with Crippen molar-refractivity contribution < 1.29 is 19.4 Å². The average Bonchev–Trinajstić information content (AvgIpc) is 3.56. The molecule has 3 aliphatic rings. The summed E-state index contributed by atoms with van der Waals surface area (Å²) in [5.74, 6) is 2.89. The van der Waals surface area contributed by atoms with E-state index in [0.29, 0.717) is 18.3 Å². The van der Waals surface area contributed by atoms with Gasteiger partial charge in [-0.3, -0.25) is 4.79 Å². The summed E-state index contributed by atoms with van der Waals surface area (Å²) in [5.41, 5.74) is 1.32. The van der Waals surface area contributed by atoms with Gasteiger partial charge in [-0.2, -0.15) is 0 Å². The Labute approximate surface area is 193 Å². The van der Waals surface area contributed by atoms with Gasteiger partial charge in [0.25, 0.3) is 0 Å². The van der Waals surface area contributed by atoms with Gasteiger partial charge in [0.05, 0.1) is 12.7 Å². The Morgan fingerprint density at radius 2 is 2.00 bits per heavy atom. The second-order valence-corrected chi connectivity index (χ2v) is 10.2. The van der Waals surface area contributed by atoms with Crippen molar-refractivity contribution >= 4 is 5.91 Å². The molecular formula is C27H41NO4. The van der Waals surface area contributed by atoms with Gasteiger partial charge in [0.1, 0.15) is 5.75 Å². The molecule has 1 N–H and O–H groups in total. The van der Waals surface area contributed by atoms with Gasteiger partial charge < -0.3 is 19.5 Å². The van der Waals surface area contributed by atoms with E-state index in [1.807, 2.05) is 0 Å². The van der Waals surface area contributed by atoms with E-state index in [4.69, 9.17) is 9.47 Å². The lowest BCUT2D eigenvalue weighted by Crippen LogP contribution is -2.44. The summed E-state index contributed by atoms with van der Waals surface area (Å²) < 4.78 is 11.6. The van der Waals surface area contributed by atoms with E-state index in [0.717, 1.165) is 82.9 Å². The topological polar surface area (TPSA) is 59.0 Å². The number of likely N-dealkylation sites (tertiary alicyclic amines) is 1. The van der Waals surface area contributed by atoms with Gasteiger partial charge in [0.15, 0.2) is 0 Å². The van der Waals surface area contributed by atoms with Crippen LogP contribution in [0.2, 0.25) is 0 Å². The van der Waals surface area contributed by atoms with E-state index in [9.17, 15) is 9.90 Å². The van der Waals surface area contributed by atoms with Crippen LogP contribution in [0.1, 0.15) is 75.7 Å². The molecule has 0 bridgehead atoms. The molecule has 2 saturated carbocycles. The minimum Gasteiger partial charge on any atom is -0.493 e. The zero-order chi connectivity index (χ0) is 22.3. The summed E-state index contributed by atoms with van der Waals surface area (Å²) in [7, 11) is 1.77. The molecule has 1 amide bonds. The molecule has 1 heterocycles. The van der Waals surface area contributed by atoms with E-state index in [2.05, 4.69) is 29.2 Å². The Morgan fingerprint density at radius 1 is 1.16 bits per heavy atom. The lowest BCUT2D eigenvalue weighted by atomic mass is 9.77. The summed E-state index contributed by atoms with van der Waals surface area (Å²) in [6, 6.07) is 8.59. The molecule has 4 rings (SSSR count). The predicted octanol–water partition coefficient (Wildman–Crippen LogP) is 4.78. The second kappa shape index (κ2) is 11.5. The number of benzene rings is 1. The zero-order valence-electron chi connectivity index (χ0n) is 19.7. The van der Waals surface area contributed by atoms with Crippen molar-refractivity contribution in [2.45, 2.75) is 76.2 Å². The first-order chi connectivity index (χ1) is 15.7. The number of aliphatic hydroxyl groups excluding tert-OH is 1. The maximum atomic E-state index is 13.2. The van der Waals surface area contributed by atoms with Crippen LogP contribution in [0, 0.1) is 17.8 Å². The average molecular weight is 444 g/mol. The Hall–Kier alpha value is -1.59. The van der Waals surface area contributed by atoms with Crippen molar-refractivity contribution in [3.63, 3.8) is 0 Å². The lowest BCUT2D eigenvalue weighted by molar-refractivity contribution is -0.137. The SMILES string of the molecule is COCCCC[C@H](c1ccccc1OCC1CC1)[C@@H]1CCCN(C(=O)[C@H]2CC[C@H](O)C2)C1. The standard InChI is InChI=1S/C27H41NO4/c1-31-16-5-4-8-24(25-9-2-3-10-26(25)32-19-20-11-12-20)22-7-6-15-28(18-22)27(30)21-13-14-23(29)17-21/h2-3,9-10,20-24,29H,4-8,11-19H2,1H3/t21-,22+,23-,24-/m0/s1. The molecule has 1 aromatic carbocycles. The van der Waals surface area contributed by atoms with Crippen molar-refractivity contribution in [3.8, 4) is 5.75 Å². The maximum absolute atomic E-state index is 13.2. The van der Waals surface area contributed by atoms with Crippen molar-refractivity contribution in [1.82, 2.24) is 4.90 Å². The van der Waals surface area contributed by atoms with Gasteiger partial charge in [-0.15, -0.1) is 0 Å². The predicted molar refractivity (Wildman–Crippen MR) is 126 cm³/mol. The molecule has 32 heavy (non-hydrogen) atoms. The number of para-hydroxylation sites is 1. The van der Waals surface area contributed by atoms with Gasteiger partial charge in [-0.1, -0.05) is 24.6 Å². The van der Waals surface area contributed by atoms with Gasteiger partial charge >= 0.3 is 0 Å². The third-order valence-electron chi connectivity index (χ3n) is 7.70. The Kier molecular flexibility index (Phi) is 8.48. The molecule has 5 heteroatoms. The Balaban J connectivity index is 1.47. The summed E-state index contributed by atoms with van der Waals surface area (Å²) in [6.07, 6.45) is 10.0. The third-order valence-corrected chi connectivity index (χ3v) is 7.70. The number of methoxy groups -OCH3 is 1. The molecule has 0 spiro atoms. The van der Waals surface area contributed by atoms with E-state index in [1.54, 1.807) is 7.11 Å². The van der Waals surface area contributed by atoms with Crippen LogP contribution in [0.3, 0.4) is 0 Å². The second-order valence-electron chi connectivity index (χ2n) is 10.2. The first kappa shape index (κ1) is 23.6. The minimum atomic E-state index is -0.298. The van der Waals surface area contributed by atoms with Crippen molar-refractivity contribution in [3.05, 3.63) is 29.8 Å². The molecule has 3 fully saturated rings. The number of carbonyl (C=O) groups excluding carboxylic acids is 1. The minimum absolute atomic E-state index is 0.0121.